The van der Waals surface area contributed by atoms with Crippen molar-refractivity contribution >= 4 is 38.3 Å². The van der Waals surface area contributed by atoms with Crippen LogP contribution in [-0.2, 0) is 4.79 Å². The van der Waals surface area contributed by atoms with E-state index in [2.05, 4.69) is 45.0 Å². The summed E-state index contributed by atoms with van der Waals surface area (Å²) in [7, 11) is 0. The number of hydrogen-bond donors (Lipinski definition) is 1. The van der Waals surface area contributed by atoms with Crippen LogP contribution < -0.4 is 5.32 Å². The molecular weight excluding hydrogens is 386 g/mol. The van der Waals surface area contributed by atoms with Crippen molar-refractivity contribution in [1.82, 2.24) is 9.88 Å². The summed E-state index contributed by atoms with van der Waals surface area (Å²) in [5.74, 6) is 1.34. The Morgan fingerprint density at radius 1 is 1.29 bits per heavy atom. The highest BCUT2D eigenvalue weighted by atomic mass is 79.9. The Morgan fingerprint density at radius 2 is 1.96 bits per heavy atom. The van der Waals surface area contributed by atoms with Gasteiger partial charge in [0.1, 0.15) is 0 Å². The lowest BCUT2D eigenvalue weighted by molar-refractivity contribution is -0.117. The number of nitrogens with one attached hydrogen (secondary N) is 1. The molecule has 128 valence electrons. The Balaban J connectivity index is 1.58. The topological polar surface area (TPSA) is 45.2 Å². The first-order valence-corrected chi connectivity index (χ1v) is 9.90. The molecule has 0 aliphatic carbocycles. The standard InChI is InChI=1S/C18H22BrN3OS/c1-12-7-13(2)9-22(8-12)10-17(23)21-18-20-16(11-24-18)14-3-5-15(19)6-4-14/h3-6,11-13H,7-10H2,1-2H3,(H,20,21,23). The van der Waals surface area contributed by atoms with Gasteiger partial charge in [0.15, 0.2) is 5.13 Å². The molecule has 1 N–H and O–H groups in total. The van der Waals surface area contributed by atoms with E-state index in [9.17, 15) is 4.79 Å². The number of hydrogen-bond acceptors (Lipinski definition) is 4. The highest BCUT2D eigenvalue weighted by Gasteiger charge is 2.23. The van der Waals surface area contributed by atoms with E-state index in [0.717, 1.165) is 28.8 Å². The number of thiazole rings is 1. The van der Waals surface area contributed by atoms with Crippen LogP contribution in [0.1, 0.15) is 20.3 Å². The van der Waals surface area contributed by atoms with E-state index in [-0.39, 0.29) is 5.91 Å². The summed E-state index contributed by atoms with van der Waals surface area (Å²) in [5, 5.41) is 5.58. The van der Waals surface area contributed by atoms with Crippen molar-refractivity contribution in [1.29, 1.82) is 0 Å². The summed E-state index contributed by atoms with van der Waals surface area (Å²) in [5.41, 5.74) is 1.94. The number of amides is 1. The van der Waals surface area contributed by atoms with Gasteiger partial charge in [-0.15, -0.1) is 11.3 Å². The zero-order chi connectivity index (χ0) is 17.1. The first kappa shape index (κ1) is 17.6. The van der Waals surface area contributed by atoms with Crippen LogP contribution in [0.3, 0.4) is 0 Å². The lowest BCUT2D eigenvalue weighted by Gasteiger charge is -2.34. The maximum absolute atomic E-state index is 12.3. The third kappa shape index (κ3) is 4.65. The van der Waals surface area contributed by atoms with Gasteiger partial charge in [-0.05, 0) is 30.4 Å². The Bertz CT molecular complexity index is 691. The van der Waals surface area contributed by atoms with Crippen LogP contribution in [0.2, 0.25) is 0 Å². The molecule has 1 aromatic carbocycles. The normalized spacial score (nSPS) is 21.6. The number of benzene rings is 1. The van der Waals surface area contributed by atoms with Gasteiger partial charge in [-0.25, -0.2) is 4.98 Å². The number of likely N-dealkylation sites (tertiary alicyclic amines) is 1. The minimum atomic E-state index is 0.0213. The largest absolute Gasteiger partial charge is 0.301 e. The van der Waals surface area contributed by atoms with E-state index in [1.54, 1.807) is 0 Å². The Kier molecular flexibility index (Phi) is 5.69. The third-order valence-electron chi connectivity index (χ3n) is 4.20. The van der Waals surface area contributed by atoms with Crippen molar-refractivity contribution in [3.8, 4) is 11.3 Å². The van der Waals surface area contributed by atoms with E-state index in [1.165, 1.54) is 17.8 Å². The van der Waals surface area contributed by atoms with Gasteiger partial charge >= 0.3 is 0 Å². The lowest BCUT2D eigenvalue weighted by atomic mass is 9.92. The second kappa shape index (κ2) is 7.76. The van der Waals surface area contributed by atoms with E-state index in [0.29, 0.717) is 23.5 Å². The van der Waals surface area contributed by atoms with Gasteiger partial charge in [-0.3, -0.25) is 9.69 Å². The van der Waals surface area contributed by atoms with Gasteiger partial charge in [0.25, 0.3) is 0 Å². The molecule has 2 aromatic rings. The number of piperidine rings is 1. The molecule has 0 radical (unpaired) electrons. The maximum Gasteiger partial charge on any atom is 0.240 e. The molecule has 0 spiro atoms. The van der Waals surface area contributed by atoms with Crippen LogP contribution in [0.4, 0.5) is 5.13 Å². The average molecular weight is 408 g/mol. The zero-order valence-electron chi connectivity index (χ0n) is 14.0. The summed E-state index contributed by atoms with van der Waals surface area (Å²) in [6.45, 7) is 6.96. The monoisotopic (exact) mass is 407 g/mol. The lowest BCUT2D eigenvalue weighted by Crippen LogP contribution is -2.42. The first-order valence-electron chi connectivity index (χ1n) is 8.23. The van der Waals surface area contributed by atoms with Crippen LogP contribution >= 0.6 is 27.3 Å². The fraction of sp³-hybridized carbons (Fsp3) is 0.444. The molecule has 2 unspecified atom stereocenters. The Morgan fingerprint density at radius 3 is 2.62 bits per heavy atom. The summed E-state index contributed by atoms with van der Waals surface area (Å²) < 4.78 is 1.04. The molecule has 2 atom stereocenters. The summed E-state index contributed by atoms with van der Waals surface area (Å²) in [4.78, 5) is 19.1. The van der Waals surface area contributed by atoms with E-state index in [4.69, 9.17) is 0 Å². The minimum Gasteiger partial charge on any atom is -0.301 e. The number of aromatic nitrogens is 1. The van der Waals surface area contributed by atoms with Crippen molar-refractivity contribution < 1.29 is 4.79 Å². The molecule has 0 saturated carbocycles. The highest BCUT2D eigenvalue weighted by molar-refractivity contribution is 9.10. The molecule has 1 saturated heterocycles. The molecule has 3 rings (SSSR count). The molecule has 24 heavy (non-hydrogen) atoms. The van der Waals surface area contributed by atoms with Gasteiger partial charge < -0.3 is 5.32 Å². The molecule has 2 heterocycles. The molecule has 1 fully saturated rings. The van der Waals surface area contributed by atoms with Crippen LogP contribution in [0.25, 0.3) is 11.3 Å². The molecular formula is C18H22BrN3OS. The molecule has 1 aliphatic rings. The predicted molar refractivity (Wildman–Crippen MR) is 103 cm³/mol. The van der Waals surface area contributed by atoms with Crippen LogP contribution in [0.5, 0.6) is 0 Å². The Hall–Kier alpha value is -1.24. The van der Waals surface area contributed by atoms with Crippen molar-refractivity contribution in [2.45, 2.75) is 20.3 Å². The quantitative estimate of drug-likeness (QED) is 0.811. The fourth-order valence-corrected chi connectivity index (χ4v) is 4.37. The maximum atomic E-state index is 12.3. The molecule has 1 amide bonds. The van der Waals surface area contributed by atoms with Crippen LogP contribution in [0.15, 0.2) is 34.1 Å². The zero-order valence-corrected chi connectivity index (χ0v) is 16.4. The van der Waals surface area contributed by atoms with E-state index >= 15 is 0 Å². The highest BCUT2D eigenvalue weighted by Crippen LogP contribution is 2.26. The third-order valence-corrected chi connectivity index (χ3v) is 5.49. The molecule has 6 heteroatoms. The van der Waals surface area contributed by atoms with Gasteiger partial charge in [0, 0.05) is 28.5 Å². The van der Waals surface area contributed by atoms with E-state index in [1.807, 2.05) is 29.6 Å². The van der Waals surface area contributed by atoms with Crippen molar-refractivity contribution in [3.05, 3.63) is 34.1 Å². The fourth-order valence-electron chi connectivity index (χ4n) is 3.37. The average Bonchev–Trinajstić information content (AvgIpc) is 2.95. The van der Waals surface area contributed by atoms with Crippen molar-refractivity contribution in [2.75, 3.05) is 25.0 Å². The van der Waals surface area contributed by atoms with Gasteiger partial charge in [0.05, 0.1) is 12.2 Å². The number of nitrogens with zero attached hydrogens (tertiary/aromatic N) is 2. The minimum absolute atomic E-state index is 0.0213. The predicted octanol–water partition coefficient (Wildman–Crippen LogP) is 4.49. The van der Waals surface area contributed by atoms with Crippen molar-refractivity contribution in [3.63, 3.8) is 0 Å². The van der Waals surface area contributed by atoms with Gasteiger partial charge in [0.2, 0.25) is 5.91 Å². The van der Waals surface area contributed by atoms with E-state index < -0.39 is 0 Å². The molecule has 0 bridgehead atoms. The van der Waals surface area contributed by atoms with Crippen LogP contribution in [-0.4, -0.2) is 35.4 Å². The molecule has 1 aliphatic heterocycles. The number of carbonyl (C=O) groups excluding carboxylic acids is 1. The number of halogens is 1. The van der Waals surface area contributed by atoms with Gasteiger partial charge in [-0.1, -0.05) is 41.9 Å². The van der Waals surface area contributed by atoms with Gasteiger partial charge in [-0.2, -0.15) is 0 Å². The number of carbonyl (C=O) groups is 1. The smallest absolute Gasteiger partial charge is 0.240 e. The summed E-state index contributed by atoms with van der Waals surface area (Å²) >= 11 is 4.90. The second-order valence-electron chi connectivity index (χ2n) is 6.73. The number of rotatable bonds is 4. The Labute approximate surface area is 155 Å². The number of anilines is 1. The molecule has 4 nitrogen and oxygen atoms in total. The van der Waals surface area contributed by atoms with Crippen LogP contribution in [0, 0.1) is 11.8 Å². The second-order valence-corrected chi connectivity index (χ2v) is 8.51. The SMILES string of the molecule is CC1CC(C)CN(CC(=O)Nc2nc(-c3ccc(Br)cc3)cs2)C1. The summed E-state index contributed by atoms with van der Waals surface area (Å²) in [6.07, 6.45) is 1.25. The van der Waals surface area contributed by atoms with Crippen molar-refractivity contribution in [2.24, 2.45) is 11.8 Å². The summed E-state index contributed by atoms with van der Waals surface area (Å²) in [6, 6.07) is 8.01. The first-order chi connectivity index (χ1) is 11.5. The molecule has 1 aromatic heterocycles.